The molecular weight excluding hydrogens is 226 g/mol. The molecule has 0 aliphatic carbocycles. The highest BCUT2D eigenvalue weighted by Crippen LogP contribution is 2.40. The SMILES string of the molecule is CC(C)=CC1=C(C)Cc2ncc(C)c(C)c2S1. The molecule has 0 unspecified atom stereocenters. The maximum Gasteiger partial charge on any atom is 0.0586 e. The summed E-state index contributed by atoms with van der Waals surface area (Å²) in [6, 6.07) is 0. The number of thioether (sulfide) groups is 1. The zero-order chi connectivity index (χ0) is 12.6. The normalized spacial score (nSPS) is 14.6. The highest BCUT2D eigenvalue weighted by Gasteiger charge is 2.18. The van der Waals surface area contributed by atoms with Crippen LogP contribution < -0.4 is 0 Å². The smallest absolute Gasteiger partial charge is 0.0586 e. The van der Waals surface area contributed by atoms with E-state index in [0.29, 0.717) is 0 Å². The minimum atomic E-state index is 0.989. The van der Waals surface area contributed by atoms with E-state index in [9.17, 15) is 0 Å². The third kappa shape index (κ3) is 2.47. The van der Waals surface area contributed by atoms with Gasteiger partial charge in [-0.15, -0.1) is 0 Å². The summed E-state index contributed by atoms with van der Waals surface area (Å²) in [4.78, 5) is 7.33. The van der Waals surface area contributed by atoms with Crippen LogP contribution >= 0.6 is 11.8 Å². The van der Waals surface area contributed by atoms with Gasteiger partial charge in [0.15, 0.2) is 0 Å². The van der Waals surface area contributed by atoms with Crippen molar-refractivity contribution in [1.82, 2.24) is 4.98 Å². The fourth-order valence-electron chi connectivity index (χ4n) is 1.94. The first-order valence-corrected chi connectivity index (χ1v) is 6.78. The Labute approximate surface area is 108 Å². The summed E-state index contributed by atoms with van der Waals surface area (Å²) >= 11 is 1.87. The molecule has 0 saturated heterocycles. The molecule has 0 atom stereocenters. The number of hydrogen-bond donors (Lipinski definition) is 0. The van der Waals surface area contributed by atoms with Crippen LogP contribution in [0.5, 0.6) is 0 Å². The molecule has 17 heavy (non-hydrogen) atoms. The molecule has 1 aliphatic heterocycles. The first kappa shape index (κ1) is 12.4. The van der Waals surface area contributed by atoms with Crippen LogP contribution in [0.15, 0.2) is 33.2 Å². The summed E-state index contributed by atoms with van der Waals surface area (Å²) in [5, 5.41) is 0. The second-order valence-corrected chi connectivity index (χ2v) is 6.04. The van der Waals surface area contributed by atoms with Crippen LogP contribution in [0.25, 0.3) is 0 Å². The van der Waals surface area contributed by atoms with Crippen molar-refractivity contribution < 1.29 is 0 Å². The van der Waals surface area contributed by atoms with E-state index in [4.69, 9.17) is 0 Å². The van der Waals surface area contributed by atoms with E-state index >= 15 is 0 Å². The van der Waals surface area contributed by atoms with Crippen molar-refractivity contribution in [2.24, 2.45) is 0 Å². The minimum absolute atomic E-state index is 0.989. The molecule has 1 nitrogen and oxygen atoms in total. The number of rotatable bonds is 1. The summed E-state index contributed by atoms with van der Waals surface area (Å²) in [5.74, 6) is 0. The number of nitrogens with zero attached hydrogens (tertiary/aromatic N) is 1. The van der Waals surface area contributed by atoms with Gasteiger partial charge in [0.1, 0.15) is 0 Å². The molecule has 2 heteroatoms. The molecule has 0 fully saturated rings. The molecule has 0 saturated carbocycles. The van der Waals surface area contributed by atoms with Gasteiger partial charge in [-0.05, 0) is 51.8 Å². The Hall–Kier alpha value is -1.02. The Bertz CT molecular complexity index is 520. The minimum Gasteiger partial charge on any atom is -0.259 e. The molecule has 0 aromatic carbocycles. The fourth-order valence-corrected chi connectivity index (χ4v) is 3.25. The molecule has 1 aliphatic rings. The van der Waals surface area contributed by atoms with Crippen molar-refractivity contribution >= 4 is 11.8 Å². The van der Waals surface area contributed by atoms with Gasteiger partial charge in [-0.25, -0.2) is 0 Å². The Morgan fingerprint density at radius 3 is 2.65 bits per heavy atom. The largest absolute Gasteiger partial charge is 0.259 e. The predicted octanol–water partition coefficient (Wildman–Crippen LogP) is 4.59. The van der Waals surface area contributed by atoms with Crippen LogP contribution in [0.2, 0.25) is 0 Å². The van der Waals surface area contributed by atoms with Gasteiger partial charge in [0.2, 0.25) is 0 Å². The molecule has 0 radical (unpaired) electrons. The molecule has 90 valence electrons. The average molecular weight is 245 g/mol. The molecule has 0 amide bonds. The second-order valence-electron chi connectivity index (χ2n) is 4.99. The average Bonchev–Trinajstić information content (AvgIpc) is 2.25. The van der Waals surface area contributed by atoms with Crippen molar-refractivity contribution in [3.05, 3.63) is 45.1 Å². The van der Waals surface area contributed by atoms with E-state index < -0.39 is 0 Å². The number of allylic oxidation sites excluding steroid dienone is 3. The summed E-state index contributed by atoms with van der Waals surface area (Å²) < 4.78 is 0. The molecule has 1 aromatic rings. The Morgan fingerprint density at radius 1 is 1.29 bits per heavy atom. The highest BCUT2D eigenvalue weighted by molar-refractivity contribution is 8.03. The van der Waals surface area contributed by atoms with Crippen molar-refractivity contribution in [3.63, 3.8) is 0 Å². The summed E-state index contributed by atoms with van der Waals surface area (Å²) in [5.41, 5.74) is 6.69. The van der Waals surface area contributed by atoms with E-state index in [0.717, 1.165) is 6.42 Å². The Morgan fingerprint density at radius 2 is 2.00 bits per heavy atom. The Kier molecular flexibility index (Phi) is 3.43. The maximum absolute atomic E-state index is 4.57. The van der Waals surface area contributed by atoms with Gasteiger partial charge in [0.25, 0.3) is 0 Å². The van der Waals surface area contributed by atoms with E-state index in [-0.39, 0.29) is 0 Å². The van der Waals surface area contributed by atoms with Gasteiger partial charge >= 0.3 is 0 Å². The zero-order valence-corrected chi connectivity index (χ0v) is 12.0. The van der Waals surface area contributed by atoms with Crippen LogP contribution in [0.3, 0.4) is 0 Å². The Balaban J connectivity index is 2.46. The summed E-state index contributed by atoms with van der Waals surface area (Å²) in [7, 11) is 0. The standard InChI is InChI=1S/C15H19NS/c1-9(2)6-14-10(3)7-13-15(17-14)12(5)11(4)8-16-13/h6,8H,7H2,1-5H3. The van der Waals surface area contributed by atoms with Crippen LogP contribution in [-0.4, -0.2) is 4.98 Å². The number of hydrogen-bond acceptors (Lipinski definition) is 2. The van der Waals surface area contributed by atoms with E-state index in [1.54, 1.807) is 0 Å². The third-order valence-electron chi connectivity index (χ3n) is 3.09. The van der Waals surface area contributed by atoms with Crippen LogP contribution in [0.1, 0.15) is 37.6 Å². The number of pyridine rings is 1. The van der Waals surface area contributed by atoms with Gasteiger partial charge in [0.05, 0.1) is 5.69 Å². The lowest BCUT2D eigenvalue weighted by Gasteiger charge is -2.20. The topological polar surface area (TPSA) is 12.9 Å². The van der Waals surface area contributed by atoms with E-state index in [1.165, 1.54) is 37.8 Å². The molecular formula is C15H19NS. The van der Waals surface area contributed by atoms with Crippen molar-refractivity contribution in [3.8, 4) is 0 Å². The van der Waals surface area contributed by atoms with Gasteiger partial charge in [-0.2, -0.15) is 0 Å². The molecule has 2 rings (SSSR count). The van der Waals surface area contributed by atoms with Gasteiger partial charge in [-0.3, -0.25) is 4.98 Å². The molecule has 1 aromatic heterocycles. The van der Waals surface area contributed by atoms with Gasteiger partial charge in [-0.1, -0.05) is 22.9 Å². The predicted molar refractivity (Wildman–Crippen MR) is 75.4 cm³/mol. The van der Waals surface area contributed by atoms with Crippen molar-refractivity contribution in [2.75, 3.05) is 0 Å². The van der Waals surface area contributed by atoms with Gasteiger partial charge in [0, 0.05) is 22.4 Å². The van der Waals surface area contributed by atoms with Gasteiger partial charge < -0.3 is 0 Å². The molecule has 0 N–H and O–H groups in total. The molecule has 0 bridgehead atoms. The quantitative estimate of drug-likeness (QED) is 0.718. The van der Waals surface area contributed by atoms with Crippen molar-refractivity contribution in [1.29, 1.82) is 0 Å². The zero-order valence-electron chi connectivity index (χ0n) is 11.2. The number of aromatic nitrogens is 1. The summed E-state index contributed by atoms with van der Waals surface area (Å²) in [6.07, 6.45) is 5.27. The highest BCUT2D eigenvalue weighted by atomic mass is 32.2. The lowest BCUT2D eigenvalue weighted by atomic mass is 10.1. The first-order valence-electron chi connectivity index (χ1n) is 5.96. The maximum atomic E-state index is 4.57. The van der Waals surface area contributed by atoms with Crippen LogP contribution in [0.4, 0.5) is 0 Å². The van der Waals surface area contributed by atoms with Crippen LogP contribution in [0, 0.1) is 13.8 Å². The summed E-state index contributed by atoms with van der Waals surface area (Å²) in [6.45, 7) is 10.8. The number of aryl methyl sites for hydroxylation is 1. The molecule has 0 spiro atoms. The lowest BCUT2D eigenvalue weighted by molar-refractivity contribution is 0.950. The number of fused-ring (bicyclic) bond motifs is 1. The van der Waals surface area contributed by atoms with E-state index in [2.05, 4.69) is 45.7 Å². The third-order valence-corrected chi connectivity index (χ3v) is 4.53. The monoisotopic (exact) mass is 245 g/mol. The van der Waals surface area contributed by atoms with Crippen molar-refractivity contribution in [2.45, 2.75) is 45.9 Å². The van der Waals surface area contributed by atoms with Crippen LogP contribution in [-0.2, 0) is 6.42 Å². The fraction of sp³-hybridized carbons (Fsp3) is 0.400. The van der Waals surface area contributed by atoms with E-state index in [1.807, 2.05) is 18.0 Å². The molecule has 2 heterocycles. The lowest BCUT2D eigenvalue weighted by Crippen LogP contribution is -2.04. The first-order chi connectivity index (χ1) is 7.99. The second kappa shape index (κ2) is 4.69.